The molecule has 2 aromatic heterocycles. The van der Waals surface area contributed by atoms with Crippen LogP contribution in [0.3, 0.4) is 0 Å². The molecule has 0 aliphatic heterocycles. The van der Waals surface area contributed by atoms with Crippen LogP contribution >= 0.6 is 0 Å². The van der Waals surface area contributed by atoms with E-state index < -0.39 is 0 Å². The van der Waals surface area contributed by atoms with Gasteiger partial charge in [0.2, 0.25) is 0 Å². The molecule has 3 aromatic rings. The maximum absolute atomic E-state index is 4.31. The van der Waals surface area contributed by atoms with Crippen LogP contribution in [0.4, 0.5) is 0 Å². The summed E-state index contributed by atoms with van der Waals surface area (Å²) in [6, 6.07) is 8.00. The van der Waals surface area contributed by atoms with Crippen LogP contribution in [0.25, 0.3) is 16.6 Å². The zero-order valence-electron chi connectivity index (χ0n) is 7.68. The van der Waals surface area contributed by atoms with Crippen LogP contribution in [0.2, 0.25) is 0 Å². The second-order valence-electron chi connectivity index (χ2n) is 3.23. The summed E-state index contributed by atoms with van der Waals surface area (Å²) in [6.45, 7) is 1.91. The van der Waals surface area contributed by atoms with Crippen molar-refractivity contribution in [1.82, 2.24) is 19.8 Å². The van der Waals surface area contributed by atoms with Gasteiger partial charge in [-0.3, -0.25) is 0 Å². The molecular formula is C10H8N4. The van der Waals surface area contributed by atoms with Gasteiger partial charge in [0, 0.05) is 11.6 Å². The average molecular weight is 184 g/mol. The van der Waals surface area contributed by atoms with Crippen molar-refractivity contribution in [2.45, 2.75) is 6.92 Å². The Kier molecular flexibility index (Phi) is 1.33. The lowest BCUT2D eigenvalue weighted by Crippen LogP contribution is -1.92. The van der Waals surface area contributed by atoms with E-state index in [-0.39, 0.29) is 0 Å². The summed E-state index contributed by atoms with van der Waals surface area (Å²) in [5.74, 6) is 0. The van der Waals surface area contributed by atoms with Gasteiger partial charge < -0.3 is 0 Å². The van der Waals surface area contributed by atoms with Crippen LogP contribution in [0.5, 0.6) is 0 Å². The van der Waals surface area contributed by atoms with E-state index >= 15 is 0 Å². The lowest BCUT2D eigenvalue weighted by molar-refractivity contribution is 0.869. The minimum Gasteiger partial charge on any atom is -0.235 e. The number of nitrogens with zero attached hydrogens (tertiary/aromatic N) is 4. The minimum absolute atomic E-state index is 0.823. The van der Waals surface area contributed by atoms with Crippen LogP contribution in [0.15, 0.2) is 30.5 Å². The first kappa shape index (κ1) is 7.44. The van der Waals surface area contributed by atoms with Gasteiger partial charge in [0.05, 0.1) is 5.52 Å². The number of benzene rings is 1. The molecule has 4 nitrogen and oxygen atoms in total. The summed E-state index contributed by atoms with van der Waals surface area (Å²) in [4.78, 5) is 4.31. The number of para-hydroxylation sites is 1. The Balaban J connectivity index is 2.61. The number of aromatic nitrogens is 4. The summed E-state index contributed by atoms with van der Waals surface area (Å²) in [7, 11) is 0. The van der Waals surface area contributed by atoms with Crippen molar-refractivity contribution in [1.29, 1.82) is 0 Å². The smallest absolute Gasteiger partial charge is 0.179 e. The lowest BCUT2D eigenvalue weighted by atomic mass is 10.2. The van der Waals surface area contributed by atoms with E-state index in [1.165, 1.54) is 0 Å². The molecule has 0 unspecified atom stereocenters. The molecule has 4 heteroatoms. The van der Waals surface area contributed by atoms with Gasteiger partial charge in [-0.05, 0) is 13.0 Å². The van der Waals surface area contributed by atoms with Crippen molar-refractivity contribution in [3.63, 3.8) is 0 Å². The first-order valence-corrected chi connectivity index (χ1v) is 4.42. The number of hydrogen-bond donors (Lipinski definition) is 0. The Morgan fingerprint density at radius 3 is 3.00 bits per heavy atom. The predicted molar refractivity (Wildman–Crippen MR) is 53.0 cm³/mol. The summed E-state index contributed by atoms with van der Waals surface area (Å²) < 4.78 is 1.77. The van der Waals surface area contributed by atoms with E-state index in [0.29, 0.717) is 0 Å². The van der Waals surface area contributed by atoms with E-state index in [0.717, 1.165) is 22.2 Å². The molecule has 0 radical (unpaired) electrons. The zero-order chi connectivity index (χ0) is 9.54. The van der Waals surface area contributed by atoms with Crippen molar-refractivity contribution in [2.24, 2.45) is 0 Å². The van der Waals surface area contributed by atoms with Gasteiger partial charge >= 0.3 is 0 Å². The summed E-state index contributed by atoms with van der Waals surface area (Å²) in [5.41, 5.74) is 2.72. The lowest BCUT2D eigenvalue weighted by Gasteiger charge is -1.98. The fourth-order valence-corrected chi connectivity index (χ4v) is 1.58. The highest BCUT2D eigenvalue weighted by Crippen LogP contribution is 2.14. The van der Waals surface area contributed by atoms with E-state index in [2.05, 4.69) is 15.3 Å². The largest absolute Gasteiger partial charge is 0.235 e. The van der Waals surface area contributed by atoms with Gasteiger partial charge in [-0.1, -0.05) is 23.4 Å². The third kappa shape index (κ3) is 0.849. The molecule has 0 saturated heterocycles. The van der Waals surface area contributed by atoms with Crippen LogP contribution < -0.4 is 0 Å². The Labute approximate surface area is 80.2 Å². The average Bonchev–Trinajstić information content (AvgIpc) is 2.61. The van der Waals surface area contributed by atoms with Crippen LogP contribution in [-0.2, 0) is 0 Å². The number of fused-ring (bicyclic) bond motifs is 3. The van der Waals surface area contributed by atoms with Crippen LogP contribution in [0.1, 0.15) is 5.69 Å². The second kappa shape index (κ2) is 2.51. The van der Waals surface area contributed by atoms with E-state index in [1.807, 2.05) is 37.4 Å². The number of aryl methyl sites for hydroxylation is 1. The topological polar surface area (TPSA) is 43.1 Å². The quantitative estimate of drug-likeness (QED) is 0.532. The van der Waals surface area contributed by atoms with E-state index in [4.69, 9.17) is 0 Å². The molecule has 1 aromatic carbocycles. The highest BCUT2D eigenvalue weighted by atomic mass is 15.4. The third-order valence-electron chi connectivity index (χ3n) is 2.30. The molecule has 0 bridgehead atoms. The monoisotopic (exact) mass is 184 g/mol. The van der Waals surface area contributed by atoms with Crippen molar-refractivity contribution < 1.29 is 0 Å². The highest BCUT2D eigenvalue weighted by molar-refractivity contribution is 5.80. The molecule has 0 N–H and O–H groups in total. The third-order valence-corrected chi connectivity index (χ3v) is 2.30. The summed E-state index contributed by atoms with van der Waals surface area (Å²) >= 11 is 0. The molecule has 0 amide bonds. The first-order valence-electron chi connectivity index (χ1n) is 4.42. The minimum atomic E-state index is 0.823. The van der Waals surface area contributed by atoms with Gasteiger partial charge in [0.15, 0.2) is 5.65 Å². The van der Waals surface area contributed by atoms with Gasteiger partial charge in [-0.2, -0.15) is 4.52 Å². The summed E-state index contributed by atoms with van der Waals surface area (Å²) in [5, 5.41) is 9.12. The Bertz CT molecular complexity index is 612. The van der Waals surface area contributed by atoms with E-state index in [9.17, 15) is 0 Å². The Hall–Kier alpha value is -1.97. The maximum Gasteiger partial charge on any atom is 0.179 e. The van der Waals surface area contributed by atoms with Gasteiger partial charge in [-0.15, -0.1) is 5.10 Å². The molecule has 3 rings (SSSR count). The fourth-order valence-electron chi connectivity index (χ4n) is 1.58. The van der Waals surface area contributed by atoms with Gasteiger partial charge in [0.25, 0.3) is 0 Å². The van der Waals surface area contributed by atoms with Crippen molar-refractivity contribution >= 4 is 16.6 Å². The predicted octanol–water partition coefficient (Wildman–Crippen LogP) is 1.59. The molecule has 2 heterocycles. The molecule has 0 saturated carbocycles. The van der Waals surface area contributed by atoms with E-state index in [1.54, 1.807) is 4.52 Å². The normalized spacial score (nSPS) is 11.2. The molecule has 0 aliphatic carbocycles. The number of rotatable bonds is 0. The van der Waals surface area contributed by atoms with Crippen LogP contribution in [-0.4, -0.2) is 19.8 Å². The van der Waals surface area contributed by atoms with Gasteiger partial charge in [0.1, 0.15) is 5.69 Å². The summed E-state index contributed by atoms with van der Waals surface area (Å²) in [6.07, 6.45) is 1.85. The van der Waals surface area contributed by atoms with Crippen molar-refractivity contribution in [3.8, 4) is 0 Å². The SMILES string of the molecule is Cc1nnn2c1ncc1ccccc12. The zero-order valence-corrected chi connectivity index (χ0v) is 7.68. The molecule has 0 atom stereocenters. The fraction of sp³-hybridized carbons (Fsp3) is 0.100. The van der Waals surface area contributed by atoms with Crippen molar-refractivity contribution in [3.05, 3.63) is 36.2 Å². The molecule has 0 spiro atoms. The molecule has 68 valence electrons. The molecule has 0 fully saturated rings. The van der Waals surface area contributed by atoms with Crippen LogP contribution in [0, 0.1) is 6.92 Å². The highest BCUT2D eigenvalue weighted by Gasteiger charge is 2.04. The Morgan fingerprint density at radius 2 is 2.07 bits per heavy atom. The molecule has 0 aliphatic rings. The van der Waals surface area contributed by atoms with Gasteiger partial charge in [-0.25, -0.2) is 4.98 Å². The first-order chi connectivity index (χ1) is 6.86. The van der Waals surface area contributed by atoms with Crippen molar-refractivity contribution in [2.75, 3.05) is 0 Å². The second-order valence-corrected chi connectivity index (χ2v) is 3.23. The maximum atomic E-state index is 4.31. The molecule has 14 heavy (non-hydrogen) atoms. The Morgan fingerprint density at radius 1 is 1.21 bits per heavy atom. The standard InChI is InChI=1S/C10H8N4/c1-7-10-11-6-8-4-2-3-5-9(8)14(10)13-12-7/h2-6H,1H3. The molecular weight excluding hydrogens is 176 g/mol. The number of hydrogen-bond acceptors (Lipinski definition) is 3.